The molecule has 0 amide bonds. The summed E-state index contributed by atoms with van der Waals surface area (Å²) in [6.45, 7) is 0. The molecule has 0 aliphatic carbocycles. The molecule has 1 radical (unpaired) electrons. The molecule has 0 spiro atoms. The van der Waals surface area contributed by atoms with Crippen LogP contribution >= 0.6 is 0 Å². The van der Waals surface area contributed by atoms with Crippen LogP contribution in [0.1, 0.15) is 0 Å². The Hall–Kier alpha value is 1.55. The molecule has 0 atom stereocenters. The Morgan fingerprint density at radius 2 is 0.571 bits per heavy atom. The molecule has 7 heavy (non-hydrogen) atoms. The van der Waals surface area contributed by atoms with Gasteiger partial charge in [0.2, 0.25) is 0 Å². The molecule has 8 N–H and O–H groups in total. The normalized spacial score (nSPS) is 0. The van der Waals surface area contributed by atoms with Crippen LogP contribution in [0, 0.1) is 0 Å². The van der Waals surface area contributed by atoms with Crippen LogP contribution in [0.3, 0.4) is 0 Å². The fourth-order valence-corrected chi connectivity index (χ4v) is 0. The molecule has 0 aromatic rings. The van der Waals surface area contributed by atoms with Crippen LogP contribution in [0.25, 0.3) is 0 Å². The zero-order valence-electron chi connectivity index (χ0n) is 3.10. The third kappa shape index (κ3) is 96.5. The van der Waals surface area contributed by atoms with E-state index in [9.17, 15) is 0 Å². The van der Waals surface area contributed by atoms with Gasteiger partial charge in [-0.05, 0) is 0 Å². The van der Waals surface area contributed by atoms with Crippen molar-refractivity contribution in [3.05, 3.63) is 0 Å². The first-order valence-corrected chi connectivity index (χ1v) is 0. The average Bonchev–Trinajstić information content (AvgIpc) is 0. The van der Waals surface area contributed by atoms with Gasteiger partial charge >= 0.3 is 0 Å². The van der Waals surface area contributed by atoms with Crippen molar-refractivity contribution in [2.75, 3.05) is 0 Å². The molecule has 0 saturated carbocycles. The zero-order valence-corrected chi connectivity index (χ0v) is 8.17. The van der Waals surface area contributed by atoms with Crippen molar-refractivity contribution < 1.29 is 76.8 Å². The van der Waals surface area contributed by atoms with Crippen molar-refractivity contribution in [2.45, 2.75) is 0 Å². The smallest absolute Gasteiger partial charge is 0 e. The summed E-state index contributed by atoms with van der Waals surface area (Å²) in [6, 6.07) is 0. The monoisotopic (exact) mass is 371 g/mol. The molecule has 55 valence electrons. The van der Waals surface area contributed by atoms with E-state index >= 15 is 0 Å². The SMILES string of the molecule is O.O.O.O.[Co].[Fe].[W]. The fraction of sp³-hybridized carbons (Fsp3) is 0. The first kappa shape index (κ1) is 202. The Labute approximate surface area is 76.6 Å². The molecule has 4 nitrogen and oxygen atoms in total. The molecule has 0 fully saturated rings. The molecule has 0 saturated heterocycles. The Kier molecular flexibility index (Phi) is 3880. The van der Waals surface area contributed by atoms with Gasteiger partial charge in [0.15, 0.2) is 0 Å². The second-order valence-corrected chi connectivity index (χ2v) is 0. The number of hydrogen-bond acceptors (Lipinski definition) is 0. The second kappa shape index (κ2) is 134. The molecule has 0 aromatic heterocycles. The van der Waals surface area contributed by atoms with E-state index in [2.05, 4.69) is 0 Å². The van der Waals surface area contributed by atoms with E-state index in [1.165, 1.54) is 0 Å². The van der Waals surface area contributed by atoms with Gasteiger partial charge in [-0.15, -0.1) is 0 Å². The summed E-state index contributed by atoms with van der Waals surface area (Å²) in [5.41, 5.74) is 0. The van der Waals surface area contributed by atoms with Crippen molar-refractivity contribution in [1.82, 2.24) is 0 Å². The van der Waals surface area contributed by atoms with Gasteiger partial charge in [0.1, 0.15) is 0 Å². The Bertz CT molecular complexity index is 11.7. The van der Waals surface area contributed by atoms with E-state index in [4.69, 9.17) is 0 Å². The maximum atomic E-state index is 0. The van der Waals surface area contributed by atoms with Crippen molar-refractivity contribution in [3.63, 3.8) is 0 Å². The third-order valence-corrected chi connectivity index (χ3v) is 0. The molecule has 0 aromatic carbocycles. The molecule has 0 rings (SSSR count). The van der Waals surface area contributed by atoms with Crippen molar-refractivity contribution in [2.24, 2.45) is 0 Å². The minimum absolute atomic E-state index is 0. The van der Waals surface area contributed by atoms with E-state index in [-0.39, 0.29) is 76.8 Å². The molecular weight excluding hydrogens is 363 g/mol. The molecular formula is H8CoFeO4W. The van der Waals surface area contributed by atoms with Crippen molar-refractivity contribution >= 4 is 0 Å². The minimum Gasteiger partial charge on any atom is -0.412 e. The number of rotatable bonds is 0. The topological polar surface area (TPSA) is 126 Å². The van der Waals surface area contributed by atoms with E-state index in [1.807, 2.05) is 0 Å². The predicted octanol–water partition coefficient (Wildman–Crippen LogP) is -3.31. The summed E-state index contributed by atoms with van der Waals surface area (Å²) in [7, 11) is 0. The first-order chi connectivity index (χ1) is 0. The summed E-state index contributed by atoms with van der Waals surface area (Å²) in [6.07, 6.45) is 0. The van der Waals surface area contributed by atoms with Gasteiger partial charge in [0, 0.05) is 54.9 Å². The summed E-state index contributed by atoms with van der Waals surface area (Å²) >= 11 is 0. The largest absolute Gasteiger partial charge is 0.412 e. The Morgan fingerprint density at radius 1 is 0.571 bits per heavy atom. The van der Waals surface area contributed by atoms with E-state index in [0.29, 0.717) is 0 Å². The van der Waals surface area contributed by atoms with Crippen LogP contribution in [0.5, 0.6) is 0 Å². The van der Waals surface area contributed by atoms with Crippen LogP contribution in [0.2, 0.25) is 0 Å². The Balaban J connectivity index is 0. The van der Waals surface area contributed by atoms with Crippen LogP contribution in [-0.4, -0.2) is 21.9 Å². The summed E-state index contributed by atoms with van der Waals surface area (Å²) in [5, 5.41) is 0. The van der Waals surface area contributed by atoms with Gasteiger partial charge in [-0.25, -0.2) is 0 Å². The summed E-state index contributed by atoms with van der Waals surface area (Å²) < 4.78 is 0. The summed E-state index contributed by atoms with van der Waals surface area (Å²) in [5.74, 6) is 0. The third-order valence-electron chi connectivity index (χ3n) is 0. The van der Waals surface area contributed by atoms with Gasteiger partial charge in [0.05, 0.1) is 0 Å². The van der Waals surface area contributed by atoms with Gasteiger partial charge in [0.25, 0.3) is 0 Å². The van der Waals surface area contributed by atoms with Gasteiger partial charge in [-0.2, -0.15) is 0 Å². The molecule has 0 aliphatic rings. The maximum Gasteiger partial charge on any atom is 0 e. The standard InChI is InChI=1S/Co.Fe.4H2O.W/h;;4*1H2;. The zero-order chi connectivity index (χ0) is 0. The van der Waals surface area contributed by atoms with Crippen LogP contribution < -0.4 is 0 Å². The van der Waals surface area contributed by atoms with Crippen molar-refractivity contribution in [3.8, 4) is 0 Å². The molecule has 0 heterocycles. The van der Waals surface area contributed by atoms with Gasteiger partial charge in [-0.1, -0.05) is 0 Å². The van der Waals surface area contributed by atoms with Crippen LogP contribution in [0.4, 0.5) is 0 Å². The quantitative estimate of drug-likeness (QED) is 0.396. The van der Waals surface area contributed by atoms with E-state index in [1.54, 1.807) is 0 Å². The second-order valence-electron chi connectivity index (χ2n) is 0. The average molecular weight is 371 g/mol. The van der Waals surface area contributed by atoms with Crippen LogP contribution in [0.15, 0.2) is 0 Å². The molecule has 7 heteroatoms. The number of hydrogen-bond donors (Lipinski definition) is 0. The maximum absolute atomic E-state index is 0. The van der Waals surface area contributed by atoms with E-state index in [0.717, 1.165) is 0 Å². The molecule has 0 aliphatic heterocycles. The Morgan fingerprint density at radius 3 is 0.571 bits per heavy atom. The van der Waals surface area contributed by atoms with E-state index < -0.39 is 0 Å². The first-order valence-electron chi connectivity index (χ1n) is 0. The van der Waals surface area contributed by atoms with Gasteiger partial charge < -0.3 is 21.9 Å². The van der Waals surface area contributed by atoms with Gasteiger partial charge in [-0.3, -0.25) is 0 Å². The fourth-order valence-electron chi connectivity index (χ4n) is 0. The van der Waals surface area contributed by atoms with Crippen LogP contribution in [-0.2, 0) is 54.9 Å². The minimum atomic E-state index is 0. The van der Waals surface area contributed by atoms with Crippen molar-refractivity contribution in [1.29, 1.82) is 0 Å². The summed E-state index contributed by atoms with van der Waals surface area (Å²) in [4.78, 5) is 0. The molecule has 0 bridgehead atoms. The predicted molar refractivity (Wildman–Crippen MR) is 14.5 cm³/mol. The molecule has 0 unspecified atom stereocenters.